The molecule has 0 aromatic carbocycles. The van der Waals surface area contributed by atoms with Crippen molar-refractivity contribution in [3.63, 3.8) is 0 Å². The normalized spacial score (nSPS) is 17.7. The van der Waals surface area contributed by atoms with Crippen molar-refractivity contribution in [1.29, 1.82) is 0 Å². The van der Waals surface area contributed by atoms with E-state index in [-0.39, 0.29) is 0 Å². The predicted octanol–water partition coefficient (Wildman–Crippen LogP) is 1.92. The predicted molar refractivity (Wildman–Crippen MR) is 63.3 cm³/mol. The Kier molecular flexibility index (Phi) is 3.53. The van der Waals surface area contributed by atoms with Gasteiger partial charge in [0.2, 0.25) is 0 Å². The number of halogens is 1. The minimum atomic E-state index is -0.645. The lowest BCUT2D eigenvalue weighted by Gasteiger charge is -2.16. The highest BCUT2D eigenvalue weighted by Gasteiger charge is 2.21. The number of amidine groups is 1. The summed E-state index contributed by atoms with van der Waals surface area (Å²) in [6, 6.07) is 3.56. The molecule has 2 rings (SSSR count). The molecule has 1 fully saturated rings. The Hall–Kier alpha value is -1.69. The Morgan fingerprint density at radius 3 is 3.06 bits per heavy atom. The minimum absolute atomic E-state index is 0.439. The molecule has 0 spiro atoms. The first-order chi connectivity index (χ1) is 8.15. The molecule has 1 aromatic rings. The summed E-state index contributed by atoms with van der Waals surface area (Å²) in [4.78, 5) is 16.2. The fourth-order valence-electron chi connectivity index (χ4n) is 1.81. The van der Waals surface area contributed by atoms with Gasteiger partial charge in [-0.25, -0.2) is 15.1 Å². The molecule has 2 heterocycles. The van der Waals surface area contributed by atoms with Crippen molar-refractivity contribution in [2.45, 2.75) is 19.4 Å². The third-order valence-electron chi connectivity index (χ3n) is 2.55. The number of pyridine rings is 1. The Morgan fingerprint density at radius 1 is 1.59 bits per heavy atom. The second-order valence-electron chi connectivity index (χ2n) is 3.77. The Bertz CT molecular complexity index is 446. The standard InChI is InChI=1S/C10H11ClN4O2/c11-9-4-3-8(6-12-9)7-14-5-1-2-10(14)13-15(16)17/h3-4,6H,1-2,5,7H2. The van der Waals surface area contributed by atoms with Crippen LogP contribution in [-0.4, -0.2) is 27.3 Å². The molecule has 0 unspecified atom stereocenters. The van der Waals surface area contributed by atoms with Gasteiger partial charge in [-0.15, -0.1) is 0 Å². The number of hydrazone groups is 1. The average Bonchev–Trinajstić information content (AvgIpc) is 2.68. The summed E-state index contributed by atoms with van der Waals surface area (Å²) in [5.41, 5.74) is 0.965. The minimum Gasteiger partial charge on any atom is -0.351 e. The molecule has 1 aliphatic rings. The van der Waals surface area contributed by atoms with Crippen LogP contribution in [0.3, 0.4) is 0 Å². The van der Waals surface area contributed by atoms with Crippen LogP contribution < -0.4 is 0 Å². The van der Waals surface area contributed by atoms with Crippen molar-refractivity contribution >= 4 is 17.4 Å². The van der Waals surface area contributed by atoms with E-state index < -0.39 is 5.03 Å². The van der Waals surface area contributed by atoms with E-state index in [1.54, 1.807) is 12.3 Å². The summed E-state index contributed by atoms with van der Waals surface area (Å²) < 4.78 is 0. The summed E-state index contributed by atoms with van der Waals surface area (Å²) in [6.07, 6.45) is 3.22. The fraction of sp³-hybridized carbons (Fsp3) is 0.400. The van der Waals surface area contributed by atoms with Gasteiger partial charge in [-0.05, 0) is 18.1 Å². The van der Waals surface area contributed by atoms with Crippen molar-refractivity contribution in [1.82, 2.24) is 9.88 Å². The molecule has 0 aliphatic carbocycles. The molecule has 0 radical (unpaired) electrons. The highest BCUT2D eigenvalue weighted by Crippen LogP contribution is 2.16. The molecule has 17 heavy (non-hydrogen) atoms. The molecular weight excluding hydrogens is 244 g/mol. The van der Waals surface area contributed by atoms with E-state index in [1.807, 2.05) is 11.0 Å². The van der Waals surface area contributed by atoms with Crippen molar-refractivity contribution < 1.29 is 5.03 Å². The van der Waals surface area contributed by atoms with Gasteiger partial charge < -0.3 is 4.90 Å². The SMILES string of the molecule is O=[N+]([O-])N=C1CCCN1Cc1ccc(Cl)nc1. The van der Waals surface area contributed by atoms with Crippen molar-refractivity contribution in [3.8, 4) is 0 Å². The van der Waals surface area contributed by atoms with Gasteiger partial charge in [0.05, 0.1) is 5.10 Å². The molecule has 7 heteroatoms. The summed E-state index contributed by atoms with van der Waals surface area (Å²) in [5, 5.41) is 13.5. The molecule has 0 N–H and O–H groups in total. The van der Waals surface area contributed by atoms with Crippen LogP contribution in [0.1, 0.15) is 18.4 Å². The highest BCUT2D eigenvalue weighted by atomic mass is 35.5. The Labute approximate surface area is 103 Å². The first-order valence-corrected chi connectivity index (χ1v) is 5.60. The Balaban J connectivity index is 2.07. The van der Waals surface area contributed by atoms with Gasteiger partial charge in [0.25, 0.3) is 0 Å². The zero-order valence-corrected chi connectivity index (χ0v) is 9.80. The van der Waals surface area contributed by atoms with Gasteiger partial charge in [0, 0.05) is 25.7 Å². The van der Waals surface area contributed by atoms with Crippen molar-refractivity contribution in [3.05, 3.63) is 39.2 Å². The first-order valence-electron chi connectivity index (χ1n) is 5.22. The van der Waals surface area contributed by atoms with Crippen LogP contribution >= 0.6 is 11.6 Å². The number of rotatable bonds is 3. The average molecular weight is 255 g/mol. The molecule has 0 bridgehead atoms. The van der Waals surface area contributed by atoms with Crippen LogP contribution in [0.4, 0.5) is 0 Å². The van der Waals surface area contributed by atoms with Gasteiger partial charge in [0.1, 0.15) is 5.15 Å². The molecular formula is C10H11ClN4O2. The van der Waals surface area contributed by atoms with Crippen LogP contribution in [0.25, 0.3) is 0 Å². The number of hydrogen-bond donors (Lipinski definition) is 0. The third-order valence-corrected chi connectivity index (χ3v) is 2.78. The topological polar surface area (TPSA) is 71.6 Å². The third kappa shape index (κ3) is 3.13. The van der Waals surface area contributed by atoms with Gasteiger partial charge >= 0.3 is 0 Å². The number of nitro groups is 1. The van der Waals surface area contributed by atoms with Gasteiger partial charge in [-0.3, -0.25) is 0 Å². The van der Waals surface area contributed by atoms with E-state index in [4.69, 9.17) is 11.6 Å². The largest absolute Gasteiger partial charge is 0.351 e. The van der Waals surface area contributed by atoms with E-state index in [9.17, 15) is 10.1 Å². The molecule has 90 valence electrons. The molecule has 0 amide bonds. The molecule has 0 atom stereocenters. The fourth-order valence-corrected chi connectivity index (χ4v) is 1.93. The van der Waals surface area contributed by atoms with E-state index in [2.05, 4.69) is 10.1 Å². The second-order valence-corrected chi connectivity index (χ2v) is 4.16. The number of nitrogens with zero attached hydrogens (tertiary/aromatic N) is 4. The second kappa shape index (κ2) is 5.09. The highest BCUT2D eigenvalue weighted by molar-refractivity contribution is 6.29. The zero-order valence-electron chi connectivity index (χ0n) is 9.04. The lowest BCUT2D eigenvalue weighted by molar-refractivity contribution is -0.485. The summed E-state index contributed by atoms with van der Waals surface area (Å²) >= 11 is 5.69. The molecule has 1 aromatic heterocycles. The molecule has 6 nitrogen and oxygen atoms in total. The smallest absolute Gasteiger partial charge is 0.192 e. The van der Waals surface area contributed by atoms with Crippen LogP contribution in [0, 0.1) is 10.1 Å². The van der Waals surface area contributed by atoms with Crippen molar-refractivity contribution in [2.75, 3.05) is 6.54 Å². The Morgan fingerprint density at radius 2 is 2.41 bits per heavy atom. The maximum atomic E-state index is 10.4. The van der Waals surface area contributed by atoms with Gasteiger partial charge in [0.15, 0.2) is 10.9 Å². The summed E-state index contributed by atoms with van der Waals surface area (Å²) in [5.74, 6) is 0.532. The molecule has 1 aliphatic heterocycles. The maximum Gasteiger partial charge on any atom is 0.192 e. The summed E-state index contributed by atoms with van der Waals surface area (Å²) in [7, 11) is 0. The van der Waals surface area contributed by atoms with Crippen LogP contribution in [0.5, 0.6) is 0 Å². The number of aromatic nitrogens is 1. The van der Waals surface area contributed by atoms with Gasteiger partial charge in [-0.1, -0.05) is 17.7 Å². The van der Waals surface area contributed by atoms with Crippen molar-refractivity contribution in [2.24, 2.45) is 5.10 Å². The summed E-state index contributed by atoms with van der Waals surface area (Å²) in [6.45, 7) is 1.37. The van der Waals surface area contributed by atoms with Gasteiger partial charge in [-0.2, -0.15) is 0 Å². The van der Waals surface area contributed by atoms with E-state index in [0.29, 0.717) is 24.0 Å². The monoisotopic (exact) mass is 254 g/mol. The first kappa shape index (κ1) is 11.8. The van der Waals surface area contributed by atoms with E-state index >= 15 is 0 Å². The lowest BCUT2D eigenvalue weighted by Crippen LogP contribution is -2.25. The number of hydrogen-bond acceptors (Lipinski definition) is 3. The molecule has 1 saturated heterocycles. The maximum absolute atomic E-state index is 10.4. The zero-order chi connectivity index (χ0) is 12.3. The van der Waals surface area contributed by atoms with E-state index in [0.717, 1.165) is 18.5 Å². The molecule has 0 saturated carbocycles. The van der Waals surface area contributed by atoms with Crippen LogP contribution in [0.2, 0.25) is 5.15 Å². The number of likely N-dealkylation sites (tertiary alicyclic amines) is 1. The van der Waals surface area contributed by atoms with Crippen LogP contribution in [-0.2, 0) is 6.54 Å². The quantitative estimate of drug-likeness (QED) is 0.469. The lowest BCUT2D eigenvalue weighted by atomic mass is 10.3. The van der Waals surface area contributed by atoms with E-state index in [1.165, 1.54) is 0 Å². The van der Waals surface area contributed by atoms with Crippen LogP contribution in [0.15, 0.2) is 23.4 Å².